The van der Waals surface area contributed by atoms with Crippen molar-refractivity contribution in [2.45, 2.75) is 6.42 Å². The first-order valence-corrected chi connectivity index (χ1v) is 6.85. The Morgan fingerprint density at radius 2 is 1.81 bits per heavy atom. The van der Waals surface area contributed by atoms with Crippen LogP contribution in [0.3, 0.4) is 0 Å². The molecular formula is C12H17O3P. The van der Waals surface area contributed by atoms with Gasteiger partial charge in [-0.05, 0) is 12.0 Å². The van der Waals surface area contributed by atoms with Crippen molar-refractivity contribution in [1.82, 2.24) is 0 Å². The van der Waals surface area contributed by atoms with Crippen LogP contribution in [-0.2, 0) is 13.6 Å². The van der Waals surface area contributed by atoms with Crippen molar-refractivity contribution in [1.29, 1.82) is 0 Å². The van der Waals surface area contributed by atoms with Gasteiger partial charge >= 0.3 is 7.60 Å². The van der Waals surface area contributed by atoms with Crippen LogP contribution in [-0.4, -0.2) is 20.4 Å². The monoisotopic (exact) mass is 240 g/mol. The number of benzene rings is 1. The summed E-state index contributed by atoms with van der Waals surface area (Å²) in [4.78, 5) is 0. The predicted molar refractivity (Wildman–Crippen MR) is 66.6 cm³/mol. The summed E-state index contributed by atoms with van der Waals surface area (Å²) in [7, 11) is -0.0378. The van der Waals surface area contributed by atoms with Gasteiger partial charge < -0.3 is 9.05 Å². The van der Waals surface area contributed by atoms with Crippen LogP contribution in [0.5, 0.6) is 0 Å². The lowest BCUT2D eigenvalue weighted by Crippen LogP contribution is -1.93. The molecule has 88 valence electrons. The standard InChI is InChI=1S/C12H17O3P/c1-14-16(13,15-2)11-7-6-10-12-8-4-3-5-9-12/h3-6,8-10H,7,11H2,1-2H3/b10-6+. The van der Waals surface area contributed by atoms with Crippen LogP contribution in [0.2, 0.25) is 0 Å². The average Bonchev–Trinajstić information content (AvgIpc) is 2.36. The van der Waals surface area contributed by atoms with Gasteiger partial charge in [0.15, 0.2) is 0 Å². The van der Waals surface area contributed by atoms with E-state index in [1.54, 1.807) is 0 Å². The molecule has 0 spiro atoms. The minimum Gasteiger partial charge on any atom is -0.312 e. The van der Waals surface area contributed by atoms with Gasteiger partial charge in [0.05, 0.1) is 6.16 Å². The van der Waals surface area contributed by atoms with E-state index in [0.29, 0.717) is 12.6 Å². The second kappa shape index (κ2) is 6.64. The Hall–Kier alpha value is -0.890. The maximum atomic E-state index is 11.7. The molecule has 0 heterocycles. The quantitative estimate of drug-likeness (QED) is 0.713. The van der Waals surface area contributed by atoms with Gasteiger partial charge in [0.1, 0.15) is 0 Å². The molecule has 0 fully saturated rings. The minimum atomic E-state index is -2.85. The van der Waals surface area contributed by atoms with Crippen LogP contribution >= 0.6 is 7.60 Å². The van der Waals surface area contributed by atoms with E-state index in [1.165, 1.54) is 14.2 Å². The normalized spacial score (nSPS) is 12.1. The van der Waals surface area contributed by atoms with E-state index in [9.17, 15) is 4.57 Å². The van der Waals surface area contributed by atoms with Gasteiger partial charge in [-0.1, -0.05) is 42.5 Å². The predicted octanol–water partition coefficient (Wildman–Crippen LogP) is 3.58. The van der Waals surface area contributed by atoms with Crippen molar-refractivity contribution in [3.63, 3.8) is 0 Å². The third-order valence-corrected chi connectivity index (χ3v) is 4.15. The third-order valence-electron chi connectivity index (χ3n) is 2.24. The van der Waals surface area contributed by atoms with Gasteiger partial charge in [0.25, 0.3) is 0 Å². The highest BCUT2D eigenvalue weighted by molar-refractivity contribution is 7.53. The minimum absolute atomic E-state index is 0.406. The number of allylic oxidation sites excluding steroid dienone is 1. The van der Waals surface area contributed by atoms with Gasteiger partial charge in [-0.25, -0.2) is 0 Å². The first kappa shape index (κ1) is 13.2. The first-order valence-electron chi connectivity index (χ1n) is 5.12. The van der Waals surface area contributed by atoms with E-state index < -0.39 is 7.60 Å². The molecule has 0 aromatic heterocycles. The molecule has 0 N–H and O–H groups in total. The van der Waals surface area contributed by atoms with Crippen molar-refractivity contribution in [2.75, 3.05) is 20.4 Å². The highest BCUT2D eigenvalue weighted by atomic mass is 31.2. The van der Waals surface area contributed by atoms with E-state index in [1.807, 2.05) is 42.5 Å². The molecule has 0 unspecified atom stereocenters. The average molecular weight is 240 g/mol. The molecule has 1 aromatic carbocycles. The molecule has 16 heavy (non-hydrogen) atoms. The Bertz CT molecular complexity index is 365. The van der Waals surface area contributed by atoms with Crippen LogP contribution in [0, 0.1) is 0 Å². The van der Waals surface area contributed by atoms with E-state index in [2.05, 4.69) is 0 Å². The highest BCUT2D eigenvalue weighted by Crippen LogP contribution is 2.46. The second-order valence-corrected chi connectivity index (χ2v) is 5.70. The molecule has 4 heteroatoms. The topological polar surface area (TPSA) is 35.5 Å². The van der Waals surface area contributed by atoms with Crippen LogP contribution in [0.4, 0.5) is 0 Å². The Balaban J connectivity index is 2.41. The zero-order valence-corrected chi connectivity index (χ0v) is 10.5. The van der Waals surface area contributed by atoms with Crippen LogP contribution in [0.15, 0.2) is 36.4 Å². The Labute approximate surface area is 96.6 Å². The summed E-state index contributed by atoms with van der Waals surface area (Å²) in [5.74, 6) is 0. The van der Waals surface area contributed by atoms with Crippen LogP contribution < -0.4 is 0 Å². The van der Waals surface area contributed by atoms with Gasteiger partial charge in [0.2, 0.25) is 0 Å². The van der Waals surface area contributed by atoms with Gasteiger partial charge in [-0.15, -0.1) is 0 Å². The summed E-state index contributed by atoms with van der Waals surface area (Å²) >= 11 is 0. The third kappa shape index (κ3) is 4.31. The summed E-state index contributed by atoms with van der Waals surface area (Å²) in [6, 6.07) is 9.97. The smallest absolute Gasteiger partial charge is 0.312 e. The van der Waals surface area contributed by atoms with Crippen molar-refractivity contribution >= 4 is 13.7 Å². The van der Waals surface area contributed by atoms with E-state index in [4.69, 9.17) is 9.05 Å². The molecule has 0 saturated heterocycles. The number of hydrogen-bond donors (Lipinski definition) is 0. The maximum Gasteiger partial charge on any atom is 0.330 e. The molecule has 0 atom stereocenters. The Morgan fingerprint density at radius 3 is 2.38 bits per heavy atom. The Morgan fingerprint density at radius 1 is 1.19 bits per heavy atom. The lowest BCUT2D eigenvalue weighted by atomic mass is 10.2. The Kier molecular flexibility index (Phi) is 5.47. The summed E-state index contributed by atoms with van der Waals surface area (Å²) in [5, 5.41) is 0. The zero-order chi connectivity index (χ0) is 11.9. The molecule has 1 aromatic rings. The van der Waals surface area contributed by atoms with Crippen molar-refractivity contribution < 1.29 is 13.6 Å². The van der Waals surface area contributed by atoms with E-state index in [-0.39, 0.29) is 0 Å². The fraction of sp³-hybridized carbons (Fsp3) is 0.333. The van der Waals surface area contributed by atoms with Crippen molar-refractivity contribution in [3.05, 3.63) is 42.0 Å². The molecule has 0 radical (unpaired) electrons. The summed E-state index contributed by atoms with van der Waals surface area (Å²) < 4.78 is 21.4. The number of hydrogen-bond acceptors (Lipinski definition) is 3. The SMILES string of the molecule is COP(=O)(CC/C=C/c1ccccc1)OC. The highest BCUT2D eigenvalue weighted by Gasteiger charge is 2.18. The first-order chi connectivity index (χ1) is 7.70. The molecule has 0 aliphatic heterocycles. The van der Waals surface area contributed by atoms with Crippen LogP contribution in [0.1, 0.15) is 12.0 Å². The van der Waals surface area contributed by atoms with Crippen LogP contribution in [0.25, 0.3) is 6.08 Å². The van der Waals surface area contributed by atoms with Gasteiger partial charge in [-0.2, -0.15) is 0 Å². The summed E-state index contributed by atoms with van der Waals surface area (Å²) in [5.41, 5.74) is 1.13. The lowest BCUT2D eigenvalue weighted by Gasteiger charge is -2.11. The number of rotatable bonds is 6. The maximum absolute atomic E-state index is 11.7. The lowest BCUT2D eigenvalue weighted by molar-refractivity contribution is 0.276. The van der Waals surface area contributed by atoms with E-state index >= 15 is 0 Å². The second-order valence-electron chi connectivity index (χ2n) is 3.30. The summed E-state index contributed by atoms with van der Waals surface area (Å²) in [6.45, 7) is 0. The molecule has 0 amide bonds. The largest absolute Gasteiger partial charge is 0.330 e. The van der Waals surface area contributed by atoms with Crippen molar-refractivity contribution in [3.8, 4) is 0 Å². The molecular weight excluding hydrogens is 223 g/mol. The molecule has 0 aliphatic carbocycles. The zero-order valence-electron chi connectivity index (χ0n) is 9.63. The fourth-order valence-corrected chi connectivity index (χ4v) is 2.25. The van der Waals surface area contributed by atoms with E-state index in [0.717, 1.165) is 5.56 Å². The molecule has 3 nitrogen and oxygen atoms in total. The molecule has 0 saturated carbocycles. The molecule has 1 rings (SSSR count). The van der Waals surface area contributed by atoms with Crippen molar-refractivity contribution in [2.24, 2.45) is 0 Å². The summed E-state index contributed by atoms with van der Waals surface area (Å²) in [6.07, 6.45) is 5.05. The fourth-order valence-electron chi connectivity index (χ4n) is 1.27. The van der Waals surface area contributed by atoms with Gasteiger partial charge in [0, 0.05) is 14.2 Å². The molecule has 0 aliphatic rings. The molecule has 0 bridgehead atoms. The van der Waals surface area contributed by atoms with Gasteiger partial charge in [-0.3, -0.25) is 4.57 Å².